The fraction of sp³-hybridized carbons (Fsp3) is 0.174. The highest BCUT2D eigenvalue weighted by Crippen LogP contribution is 2.48. The van der Waals surface area contributed by atoms with Crippen LogP contribution in [0, 0.1) is 0 Å². The Bertz CT molecular complexity index is 754. The van der Waals surface area contributed by atoms with Gasteiger partial charge in [-0.25, -0.2) is 4.79 Å². The Kier molecular flexibility index (Phi) is 6.32. The molecular weight excluding hydrogens is 356 g/mol. The molecule has 0 aliphatic heterocycles. The summed E-state index contributed by atoms with van der Waals surface area (Å²) in [6, 6.07) is 30.5. The number of carbonyl (C=O) groups is 1. The van der Waals surface area contributed by atoms with Crippen molar-refractivity contribution in [3.05, 3.63) is 108 Å². The van der Waals surface area contributed by atoms with Gasteiger partial charge in [-0.2, -0.15) is 0 Å². The molecule has 138 valence electrons. The Morgan fingerprint density at radius 3 is 1.56 bits per heavy atom. The van der Waals surface area contributed by atoms with Crippen LogP contribution >= 0.6 is 11.8 Å². The molecule has 0 saturated carbocycles. The molecule has 0 radical (unpaired) electrons. The van der Waals surface area contributed by atoms with E-state index in [1.165, 1.54) is 18.9 Å². The van der Waals surface area contributed by atoms with Crippen molar-refractivity contribution in [2.24, 2.45) is 0 Å². The van der Waals surface area contributed by atoms with E-state index >= 15 is 0 Å². The number of ether oxygens (including phenoxy) is 1. The molecule has 1 N–H and O–H groups in total. The van der Waals surface area contributed by atoms with Gasteiger partial charge in [0.1, 0.15) is 0 Å². The Balaban J connectivity index is 2.15. The van der Waals surface area contributed by atoms with Crippen LogP contribution < -0.4 is 0 Å². The van der Waals surface area contributed by atoms with Gasteiger partial charge in [0.15, 0.2) is 6.10 Å². The first kappa shape index (κ1) is 19.2. The Morgan fingerprint density at radius 2 is 1.22 bits per heavy atom. The average molecular weight is 378 g/mol. The lowest BCUT2D eigenvalue weighted by Gasteiger charge is -2.36. The van der Waals surface area contributed by atoms with E-state index in [1.807, 2.05) is 54.6 Å². The zero-order valence-corrected chi connectivity index (χ0v) is 15.9. The van der Waals surface area contributed by atoms with Crippen molar-refractivity contribution in [2.75, 3.05) is 12.9 Å². The van der Waals surface area contributed by atoms with Gasteiger partial charge in [0.05, 0.1) is 11.9 Å². The van der Waals surface area contributed by atoms with Crippen molar-refractivity contribution in [1.29, 1.82) is 0 Å². The number of hydrogen-bond acceptors (Lipinski definition) is 4. The molecule has 0 aliphatic rings. The molecular formula is C23H22O3S. The molecule has 0 saturated heterocycles. The molecule has 4 heteroatoms. The number of thioether (sulfide) groups is 1. The summed E-state index contributed by atoms with van der Waals surface area (Å²) in [7, 11) is 1.29. The van der Waals surface area contributed by atoms with Gasteiger partial charge in [-0.1, -0.05) is 91.0 Å². The van der Waals surface area contributed by atoms with Crippen molar-refractivity contribution < 1.29 is 14.6 Å². The molecule has 3 aromatic carbocycles. The minimum absolute atomic E-state index is 0.214. The van der Waals surface area contributed by atoms with E-state index in [0.717, 1.165) is 16.7 Å². The van der Waals surface area contributed by atoms with E-state index in [1.54, 1.807) is 0 Å². The number of aliphatic hydroxyl groups excluding tert-OH is 1. The maximum Gasteiger partial charge on any atom is 0.335 e. The van der Waals surface area contributed by atoms with Crippen molar-refractivity contribution in [3.63, 3.8) is 0 Å². The fourth-order valence-corrected chi connectivity index (χ4v) is 4.63. The fourth-order valence-electron chi connectivity index (χ4n) is 3.18. The Labute approximate surface area is 164 Å². The molecule has 0 amide bonds. The standard InChI is InChI=1S/C23H22O3S/c1-26-22(25)21(24)17-27-23(18-11-5-2-6-12-18,19-13-7-3-8-14-19)20-15-9-4-10-16-20/h2-16,21,24H,17H2,1H3/t21-/m1/s1. The molecule has 3 aromatic rings. The molecule has 3 nitrogen and oxygen atoms in total. The van der Waals surface area contributed by atoms with E-state index in [9.17, 15) is 9.90 Å². The summed E-state index contributed by atoms with van der Waals surface area (Å²) in [6.45, 7) is 0. The second kappa shape index (κ2) is 8.89. The number of benzene rings is 3. The van der Waals surface area contributed by atoms with Crippen LogP contribution in [-0.4, -0.2) is 30.0 Å². The number of methoxy groups -OCH3 is 1. The Hall–Kier alpha value is -2.56. The lowest BCUT2D eigenvalue weighted by molar-refractivity contribution is -0.149. The van der Waals surface area contributed by atoms with Gasteiger partial charge in [-0.15, -0.1) is 11.8 Å². The summed E-state index contributed by atoms with van der Waals surface area (Å²) < 4.78 is 4.14. The van der Waals surface area contributed by atoms with Crippen LogP contribution in [0.15, 0.2) is 91.0 Å². The molecule has 0 heterocycles. The van der Waals surface area contributed by atoms with Crippen LogP contribution in [0.25, 0.3) is 0 Å². The summed E-state index contributed by atoms with van der Waals surface area (Å²) in [5, 5.41) is 10.2. The number of hydrogen-bond donors (Lipinski definition) is 1. The second-order valence-electron chi connectivity index (χ2n) is 6.13. The summed E-state index contributed by atoms with van der Waals surface area (Å²) in [5.41, 5.74) is 3.26. The number of carbonyl (C=O) groups excluding carboxylic acids is 1. The van der Waals surface area contributed by atoms with Crippen LogP contribution in [0.1, 0.15) is 16.7 Å². The minimum Gasteiger partial charge on any atom is -0.467 e. The summed E-state index contributed by atoms with van der Waals surface area (Å²) in [6.07, 6.45) is -1.18. The molecule has 0 aromatic heterocycles. The maximum absolute atomic E-state index is 11.8. The van der Waals surface area contributed by atoms with Crippen molar-refractivity contribution >= 4 is 17.7 Å². The molecule has 0 aliphatic carbocycles. The largest absolute Gasteiger partial charge is 0.467 e. The van der Waals surface area contributed by atoms with Crippen LogP contribution in [0.3, 0.4) is 0 Å². The maximum atomic E-state index is 11.8. The number of rotatable bonds is 7. The third kappa shape index (κ3) is 4.07. The van der Waals surface area contributed by atoms with Crippen molar-refractivity contribution in [1.82, 2.24) is 0 Å². The van der Waals surface area contributed by atoms with Crippen LogP contribution in [0.2, 0.25) is 0 Å². The van der Waals surface area contributed by atoms with E-state index in [4.69, 9.17) is 4.74 Å². The number of esters is 1. The third-order valence-corrected chi connectivity index (χ3v) is 6.09. The quantitative estimate of drug-likeness (QED) is 0.493. The molecule has 0 fully saturated rings. The van der Waals surface area contributed by atoms with Crippen LogP contribution in [0.5, 0.6) is 0 Å². The van der Waals surface area contributed by atoms with E-state index < -0.39 is 16.8 Å². The molecule has 0 spiro atoms. The van der Waals surface area contributed by atoms with Crippen molar-refractivity contribution in [3.8, 4) is 0 Å². The van der Waals surface area contributed by atoms with Crippen LogP contribution in [-0.2, 0) is 14.3 Å². The molecule has 0 unspecified atom stereocenters. The minimum atomic E-state index is -1.18. The van der Waals surface area contributed by atoms with Gasteiger partial charge >= 0.3 is 5.97 Å². The SMILES string of the molecule is COC(=O)[C@H](O)CSC(c1ccccc1)(c1ccccc1)c1ccccc1. The smallest absolute Gasteiger partial charge is 0.335 e. The first-order valence-electron chi connectivity index (χ1n) is 8.75. The highest BCUT2D eigenvalue weighted by atomic mass is 32.2. The monoisotopic (exact) mass is 378 g/mol. The van der Waals surface area contributed by atoms with Gasteiger partial charge in [0, 0.05) is 5.75 Å². The number of aliphatic hydroxyl groups is 1. The first-order chi connectivity index (χ1) is 13.2. The summed E-state index contributed by atoms with van der Waals surface area (Å²) in [5.74, 6) is -0.406. The zero-order valence-electron chi connectivity index (χ0n) is 15.1. The molecule has 3 rings (SSSR count). The summed E-state index contributed by atoms with van der Waals surface area (Å²) in [4.78, 5) is 11.8. The zero-order chi connectivity index (χ0) is 19.1. The van der Waals surface area contributed by atoms with E-state index in [0.29, 0.717) is 0 Å². The average Bonchev–Trinajstić information content (AvgIpc) is 2.75. The predicted octanol–water partition coefficient (Wildman–Crippen LogP) is 4.25. The van der Waals surface area contributed by atoms with Crippen molar-refractivity contribution in [2.45, 2.75) is 10.9 Å². The van der Waals surface area contributed by atoms with Gasteiger partial charge in [0.2, 0.25) is 0 Å². The van der Waals surface area contributed by atoms with Crippen LogP contribution in [0.4, 0.5) is 0 Å². The molecule has 27 heavy (non-hydrogen) atoms. The van der Waals surface area contributed by atoms with E-state index in [2.05, 4.69) is 36.4 Å². The lowest BCUT2D eigenvalue weighted by Crippen LogP contribution is -2.31. The molecule has 0 bridgehead atoms. The lowest BCUT2D eigenvalue weighted by atomic mass is 9.84. The topological polar surface area (TPSA) is 46.5 Å². The first-order valence-corrected chi connectivity index (χ1v) is 9.73. The third-order valence-electron chi connectivity index (χ3n) is 4.47. The van der Waals surface area contributed by atoms with E-state index in [-0.39, 0.29) is 5.75 Å². The highest BCUT2D eigenvalue weighted by molar-refractivity contribution is 8.00. The molecule has 1 atom stereocenters. The van der Waals surface area contributed by atoms with Gasteiger partial charge in [-0.3, -0.25) is 0 Å². The highest BCUT2D eigenvalue weighted by Gasteiger charge is 2.38. The second-order valence-corrected chi connectivity index (χ2v) is 7.36. The van der Waals surface area contributed by atoms with Gasteiger partial charge in [0.25, 0.3) is 0 Å². The normalized spacial score (nSPS) is 12.4. The summed E-state index contributed by atoms with van der Waals surface area (Å²) >= 11 is 1.53. The predicted molar refractivity (Wildman–Crippen MR) is 110 cm³/mol. The van der Waals surface area contributed by atoms with Gasteiger partial charge < -0.3 is 9.84 Å². The van der Waals surface area contributed by atoms with Gasteiger partial charge in [-0.05, 0) is 16.7 Å². The Morgan fingerprint density at radius 1 is 0.852 bits per heavy atom.